The topological polar surface area (TPSA) is 38.3 Å². The second-order valence-corrected chi connectivity index (χ2v) is 2.57. The molecule has 0 amide bonds. The molecule has 68 valence electrons. The highest BCUT2D eigenvalue weighted by Crippen LogP contribution is 1.86. The van der Waals surface area contributed by atoms with Crippen LogP contribution < -0.4 is 5.32 Å². The molecular weight excluding hydrogens is 154 g/mol. The van der Waals surface area contributed by atoms with Crippen molar-refractivity contribution in [3.63, 3.8) is 0 Å². The van der Waals surface area contributed by atoms with Crippen LogP contribution in [0.3, 0.4) is 0 Å². The van der Waals surface area contributed by atoms with Gasteiger partial charge in [0.2, 0.25) is 0 Å². The number of rotatable bonds is 4. The normalized spacial score (nSPS) is 9.00. The molecule has 0 fully saturated rings. The van der Waals surface area contributed by atoms with Gasteiger partial charge in [0, 0.05) is 0 Å². The molecule has 0 saturated heterocycles. The van der Waals surface area contributed by atoms with Gasteiger partial charge in [-0.2, -0.15) is 0 Å². The predicted molar refractivity (Wildman–Crippen MR) is 47.5 cm³/mol. The minimum atomic E-state index is -0.233. The molecular formula is C9H15NO2. The van der Waals surface area contributed by atoms with Crippen molar-refractivity contribution in [3.8, 4) is 11.8 Å². The molecule has 3 heteroatoms. The van der Waals surface area contributed by atoms with E-state index in [9.17, 15) is 4.79 Å². The summed E-state index contributed by atoms with van der Waals surface area (Å²) in [5.74, 6) is 5.27. The predicted octanol–water partition coefficient (Wildman–Crippen LogP) is 0.551. The summed E-state index contributed by atoms with van der Waals surface area (Å²) in [6.45, 7) is 6.16. The third kappa shape index (κ3) is 7.10. The summed E-state index contributed by atoms with van der Waals surface area (Å²) in [7, 11) is 0. The quantitative estimate of drug-likeness (QED) is 0.379. The number of ether oxygens (including phenoxy) is 1. The van der Waals surface area contributed by atoms with Crippen molar-refractivity contribution in [2.24, 2.45) is 0 Å². The molecule has 1 N–H and O–H groups in total. The summed E-state index contributed by atoms with van der Waals surface area (Å²) in [6, 6.07) is 0. The van der Waals surface area contributed by atoms with Gasteiger partial charge >= 0.3 is 5.97 Å². The van der Waals surface area contributed by atoms with Crippen molar-refractivity contribution >= 4 is 5.97 Å². The molecule has 0 aromatic rings. The Morgan fingerprint density at radius 2 is 2.25 bits per heavy atom. The van der Waals surface area contributed by atoms with E-state index in [0.717, 1.165) is 0 Å². The van der Waals surface area contributed by atoms with Crippen molar-refractivity contribution in [3.05, 3.63) is 0 Å². The molecule has 0 rings (SSSR count). The van der Waals surface area contributed by atoms with Crippen molar-refractivity contribution < 1.29 is 9.53 Å². The van der Waals surface area contributed by atoms with Crippen LogP contribution in [0.1, 0.15) is 20.8 Å². The molecule has 0 unspecified atom stereocenters. The Morgan fingerprint density at radius 3 is 2.75 bits per heavy atom. The number of carbonyl (C=O) groups is 1. The molecule has 0 atom stereocenters. The van der Waals surface area contributed by atoms with Crippen molar-refractivity contribution in [2.45, 2.75) is 26.9 Å². The Kier molecular flexibility index (Phi) is 6.12. The zero-order chi connectivity index (χ0) is 9.40. The van der Waals surface area contributed by atoms with Gasteiger partial charge in [0.1, 0.15) is 0 Å². The van der Waals surface area contributed by atoms with Crippen LogP contribution in [0.2, 0.25) is 0 Å². The summed E-state index contributed by atoms with van der Waals surface area (Å²) >= 11 is 0. The Morgan fingerprint density at radius 1 is 1.58 bits per heavy atom. The Bertz CT molecular complexity index is 188. The maximum Gasteiger partial charge on any atom is 0.320 e. The van der Waals surface area contributed by atoms with Gasteiger partial charge in [-0.3, -0.25) is 10.1 Å². The number of esters is 1. The maximum atomic E-state index is 10.9. The van der Waals surface area contributed by atoms with Gasteiger partial charge in [-0.05, 0) is 20.8 Å². The molecule has 0 aliphatic rings. The van der Waals surface area contributed by atoms with Crippen LogP contribution in [0.25, 0.3) is 0 Å². The molecule has 3 nitrogen and oxygen atoms in total. The fourth-order valence-corrected chi connectivity index (χ4v) is 0.620. The number of nitrogens with one attached hydrogen (secondary N) is 1. The average molecular weight is 169 g/mol. The minimum absolute atomic E-state index is 0.0449. The Labute approximate surface area is 73.5 Å². The highest BCUT2D eigenvalue weighted by Gasteiger charge is 2.02. The van der Waals surface area contributed by atoms with Gasteiger partial charge in [-0.1, -0.05) is 5.92 Å². The van der Waals surface area contributed by atoms with Crippen molar-refractivity contribution in [2.75, 3.05) is 13.1 Å². The Hall–Kier alpha value is -1.01. The number of hydrogen-bond acceptors (Lipinski definition) is 3. The molecule has 0 bridgehead atoms. The average Bonchev–Trinajstić information content (AvgIpc) is 1.97. The first kappa shape index (κ1) is 11.0. The summed E-state index contributed by atoms with van der Waals surface area (Å²) < 4.78 is 4.88. The van der Waals surface area contributed by atoms with E-state index in [0.29, 0.717) is 6.54 Å². The van der Waals surface area contributed by atoms with Gasteiger partial charge in [0.15, 0.2) is 0 Å². The monoisotopic (exact) mass is 169 g/mol. The summed E-state index contributed by atoms with van der Waals surface area (Å²) in [6.07, 6.45) is -0.0449. The van der Waals surface area contributed by atoms with Crippen LogP contribution in [0.5, 0.6) is 0 Å². The van der Waals surface area contributed by atoms with Gasteiger partial charge in [0.25, 0.3) is 0 Å². The molecule has 0 spiro atoms. The zero-order valence-electron chi connectivity index (χ0n) is 7.81. The van der Waals surface area contributed by atoms with Gasteiger partial charge in [-0.15, -0.1) is 5.92 Å². The fourth-order valence-electron chi connectivity index (χ4n) is 0.620. The smallest absolute Gasteiger partial charge is 0.320 e. The molecule has 0 saturated carbocycles. The van der Waals surface area contributed by atoms with E-state index in [-0.39, 0.29) is 18.6 Å². The van der Waals surface area contributed by atoms with Crippen LogP contribution in [0.4, 0.5) is 0 Å². The second-order valence-electron chi connectivity index (χ2n) is 2.57. The van der Waals surface area contributed by atoms with E-state index in [1.165, 1.54) is 0 Å². The highest BCUT2D eigenvalue weighted by atomic mass is 16.5. The van der Waals surface area contributed by atoms with Crippen LogP contribution in [0, 0.1) is 11.8 Å². The standard InChI is InChI=1S/C9H15NO2/c1-4-5-6-10-7-9(11)12-8(2)3/h8,10H,6-7H2,1-3H3. The minimum Gasteiger partial charge on any atom is -0.462 e. The van der Waals surface area contributed by atoms with Gasteiger partial charge in [-0.25, -0.2) is 0 Å². The van der Waals surface area contributed by atoms with E-state index in [4.69, 9.17) is 4.74 Å². The zero-order valence-corrected chi connectivity index (χ0v) is 7.81. The van der Waals surface area contributed by atoms with Gasteiger partial charge < -0.3 is 4.74 Å². The Balaban J connectivity index is 3.36. The first-order valence-electron chi connectivity index (χ1n) is 3.96. The lowest BCUT2D eigenvalue weighted by atomic mass is 10.5. The summed E-state index contributed by atoms with van der Waals surface area (Å²) in [5, 5.41) is 2.84. The highest BCUT2D eigenvalue weighted by molar-refractivity contribution is 5.71. The summed E-state index contributed by atoms with van der Waals surface area (Å²) in [5.41, 5.74) is 0. The lowest BCUT2D eigenvalue weighted by Gasteiger charge is -2.06. The number of hydrogen-bond donors (Lipinski definition) is 1. The van der Waals surface area contributed by atoms with E-state index in [2.05, 4.69) is 17.2 Å². The molecule has 0 aromatic carbocycles. The maximum absolute atomic E-state index is 10.9. The molecule has 0 heterocycles. The lowest BCUT2D eigenvalue weighted by Crippen LogP contribution is -2.26. The third-order valence-corrected chi connectivity index (χ3v) is 1.03. The molecule has 0 radical (unpaired) electrons. The van der Waals surface area contributed by atoms with E-state index in [1.807, 2.05) is 13.8 Å². The second kappa shape index (κ2) is 6.68. The molecule has 0 aliphatic carbocycles. The summed E-state index contributed by atoms with van der Waals surface area (Å²) in [4.78, 5) is 10.9. The molecule has 0 aromatic heterocycles. The van der Waals surface area contributed by atoms with Crippen LogP contribution in [-0.2, 0) is 9.53 Å². The molecule has 12 heavy (non-hydrogen) atoms. The van der Waals surface area contributed by atoms with E-state index in [1.54, 1.807) is 6.92 Å². The van der Waals surface area contributed by atoms with Gasteiger partial charge in [0.05, 0.1) is 19.2 Å². The van der Waals surface area contributed by atoms with Crippen LogP contribution >= 0.6 is 0 Å². The first-order chi connectivity index (χ1) is 5.66. The largest absolute Gasteiger partial charge is 0.462 e. The third-order valence-electron chi connectivity index (χ3n) is 1.03. The van der Waals surface area contributed by atoms with E-state index >= 15 is 0 Å². The van der Waals surface area contributed by atoms with Crippen LogP contribution in [-0.4, -0.2) is 25.2 Å². The first-order valence-corrected chi connectivity index (χ1v) is 3.96. The van der Waals surface area contributed by atoms with Crippen molar-refractivity contribution in [1.82, 2.24) is 5.32 Å². The van der Waals surface area contributed by atoms with Crippen LogP contribution in [0.15, 0.2) is 0 Å². The number of carbonyl (C=O) groups excluding carboxylic acids is 1. The SMILES string of the molecule is CC#CCNCC(=O)OC(C)C. The van der Waals surface area contributed by atoms with E-state index < -0.39 is 0 Å². The van der Waals surface area contributed by atoms with Crippen molar-refractivity contribution in [1.29, 1.82) is 0 Å². The fraction of sp³-hybridized carbons (Fsp3) is 0.667. The molecule has 0 aliphatic heterocycles. The lowest BCUT2D eigenvalue weighted by molar-refractivity contribution is -0.146.